The van der Waals surface area contributed by atoms with Gasteiger partial charge in [0, 0.05) is 32.2 Å². The fourth-order valence-electron chi connectivity index (χ4n) is 3.10. The van der Waals surface area contributed by atoms with Gasteiger partial charge < -0.3 is 14.8 Å². The molecule has 1 fully saturated rings. The van der Waals surface area contributed by atoms with Gasteiger partial charge in [-0.15, -0.1) is 0 Å². The van der Waals surface area contributed by atoms with Crippen LogP contribution in [0.5, 0.6) is 11.5 Å². The van der Waals surface area contributed by atoms with Crippen molar-refractivity contribution >= 4 is 0 Å². The molecular formula is C18H30N2O2. The van der Waals surface area contributed by atoms with E-state index in [1.807, 2.05) is 13.0 Å². The number of piperazine rings is 1. The lowest BCUT2D eigenvalue weighted by Crippen LogP contribution is -2.45. The number of ether oxygens (including phenoxy) is 2. The molecule has 0 amide bonds. The molecule has 0 radical (unpaired) electrons. The van der Waals surface area contributed by atoms with Gasteiger partial charge in [0.1, 0.15) is 0 Å². The molecule has 2 rings (SSSR count). The fraction of sp³-hybridized carbons (Fsp3) is 0.667. The van der Waals surface area contributed by atoms with Crippen molar-refractivity contribution < 1.29 is 9.47 Å². The summed E-state index contributed by atoms with van der Waals surface area (Å²) in [6.07, 6.45) is 1.16. The van der Waals surface area contributed by atoms with E-state index >= 15 is 0 Å². The van der Waals surface area contributed by atoms with Crippen LogP contribution in [0.1, 0.15) is 38.8 Å². The standard InChI is InChI=1S/C18H30N2O2/c1-5-22-17-7-6-15(13-18(17)21-4)16(12-14(2)3)20-10-8-19-9-11-20/h6-7,13-14,16,19H,5,8-12H2,1-4H3/t16-/m1/s1. The normalized spacial score (nSPS) is 17.5. The predicted octanol–water partition coefficient (Wildman–Crippen LogP) is 3.09. The summed E-state index contributed by atoms with van der Waals surface area (Å²) in [5.41, 5.74) is 1.33. The maximum absolute atomic E-state index is 5.64. The highest BCUT2D eigenvalue weighted by Crippen LogP contribution is 2.35. The molecule has 1 aromatic carbocycles. The number of nitrogens with zero attached hydrogens (tertiary/aromatic N) is 1. The number of benzene rings is 1. The van der Waals surface area contributed by atoms with Crippen molar-refractivity contribution in [2.45, 2.75) is 33.2 Å². The SMILES string of the molecule is CCOc1ccc([C@@H](CC(C)C)N2CCNCC2)cc1OC. The first-order valence-electron chi connectivity index (χ1n) is 8.41. The maximum atomic E-state index is 5.64. The molecule has 0 spiro atoms. The Bertz CT molecular complexity index is 456. The third-order valence-corrected chi connectivity index (χ3v) is 4.16. The zero-order valence-corrected chi connectivity index (χ0v) is 14.4. The van der Waals surface area contributed by atoms with Gasteiger partial charge in [0.2, 0.25) is 0 Å². The zero-order valence-electron chi connectivity index (χ0n) is 14.4. The maximum Gasteiger partial charge on any atom is 0.161 e. The molecular weight excluding hydrogens is 276 g/mol. The summed E-state index contributed by atoms with van der Waals surface area (Å²) in [6, 6.07) is 6.85. The van der Waals surface area contributed by atoms with Gasteiger partial charge in [-0.25, -0.2) is 0 Å². The first kappa shape index (κ1) is 17.1. The van der Waals surface area contributed by atoms with Crippen LogP contribution in [0.2, 0.25) is 0 Å². The molecule has 124 valence electrons. The summed E-state index contributed by atoms with van der Waals surface area (Å²) in [4.78, 5) is 2.59. The summed E-state index contributed by atoms with van der Waals surface area (Å²) >= 11 is 0. The second kappa shape index (κ2) is 8.39. The van der Waals surface area contributed by atoms with E-state index in [1.165, 1.54) is 5.56 Å². The molecule has 0 aromatic heterocycles. The van der Waals surface area contributed by atoms with Crippen LogP contribution in [0.3, 0.4) is 0 Å². The van der Waals surface area contributed by atoms with E-state index in [2.05, 4.69) is 36.2 Å². The van der Waals surface area contributed by atoms with E-state index < -0.39 is 0 Å². The first-order chi connectivity index (χ1) is 10.7. The molecule has 0 saturated carbocycles. The summed E-state index contributed by atoms with van der Waals surface area (Å²) in [5, 5.41) is 3.44. The first-order valence-corrected chi connectivity index (χ1v) is 8.41. The Kier molecular flexibility index (Phi) is 6.52. The minimum atomic E-state index is 0.451. The third kappa shape index (κ3) is 4.37. The molecule has 1 aliphatic rings. The predicted molar refractivity (Wildman–Crippen MR) is 90.8 cm³/mol. The Labute approximate surface area is 134 Å². The van der Waals surface area contributed by atoms with Crippen LogP contribution >= 0.6 is 0 Å². The van der Waals surface area contributed by atoms with Crippen molar-refractivity contribution in [3.63, 3.8) is 0 Å². The van der Waals surface area contributed by atoms with Gasteiger partial charge in [-0.05, 0) is 37.0 Å². The second-order valence-corrected chi connectivity index (χ2v) is 6.27. The molecule has 0 aliphatic carbocycles. The molecule has 4 nitrogen and oxygen atoms in total. The van der Waals surface area contributed by atoms with E-state index in [-0.39, 0.29) is 0 Å². The van der Waals surface area contributed by atoms with Gasteiger partial charge in [0.15, 0.2) is 11.5 Å². The molecule has 0 bridgehead atoms. The van der Waals surface area contributed by atoms with Crippen molar-refractivity contribution in [1.82, 2.24) is 10.2 Å². The summed E-state index contributed by atoms with van der Waals surface area (Å²) in [6.45, 7) is 11.6. The van der Waals surface area contributed by atoms with Crippen LogP contribution in [0.25, 0.3) is 0 Å². The van der Waals surface area contributed by atoms with Crippen LogP contribution in [-0.2, 0) is 0 Å². The lowest BCUT2D eigenvalue weighted by molar-refractivity contribution is 0.153. The molecule has 1 heterocycles. The topological polar surface area (TPSA) is 33.7 Å². The lowest BCUT2D eigenvalue weighted by atomic mass is 9.94. The molecule has 1 atom stereocenters. The quantitative estimate of drug-likeness (QED) is 0.839. The van der Waals surface area contributed by atoms with Gasteiger partial charge >= 0.3 is 0 Å². The van der Waals surface area contributed by atoms with Crippen molar-refractivity contribution in [1.29, 1.82) is 0 Å². The van der Waals surface area contributed by atoms with Crippen LogP contribution in [0.4, 0.5) is 0 Å². The monoisotopic (exact) mass is 306 g/mol. The van der Waals surface area contributed by atoms with E-state index in [4.69, 9.17) is 9.47 Å². The molecule has 1 aromatic rings. The van der Waals surface area contributed by atoms with E-state index in [0.717, 1.165) is 44.1 Å². The number of methoxy groups -OCH3 is 1. The Morgan fingerprint density at radius 2 is 1.91 bits per heavy atom. The zero-order chi connectivity index (χ0) is 15.9. The van der Waals surface area contributed by atoms with E-state index in [1.54, 1.807) is 7.11 Å². The third-order valence-electron chi connectivity index (χ3n) is 4.16. The van der Waals surface area contributed by atoms with Gasteiger partial charge in [0.25, 0.3) is 0 Å². The molecule has 4 heteroatoms. The summed E-state index contributed by atoms with van der Waals surface area (Å²) < 4.78 is 11.2. The van der Waals surface area contributed by atoms with Crippen LogP contribution < -0.4 is 14.8 Å². The van der Waals surface area contributed by atoms with Crippen molar-refractivity contribution in [3.05, 3.63) is 23.8 Å². The minimum absolute atomic E-state index is 0.451. The highest BCUT2D eigenvalue weighted by atomic mass is 16.5. The molecule has 1 aliphatic heterocycles. The number of rotatable bonds is 7. The van der Waals surface area contributed by atoms with Crippen LogP contribution in [0.15, 0.2) is 18.2 Å². The lowest BCUT2D eigenvalue weighted by Gasteiger charge is -2.36. The van der Waals surface area contributed by atoms with Gasteiger partial charge in [-0.2, -0.15) is 0 Å². The number of nitrogens with one attached hydrogen (secondary N) is 1. The number of hydrogen-bond donors (Lipinski definition) is 1. The Morgan fingerprint density at radius 1 is 1.18 bits per heavy atom. The second-order valence-electron chi connectivity index (χ2n) is 6.27. The van der Waals surface area contributed by atoms with Crippen LogP contribution in [0, 0.1) is 5.92 Å². The fourth-order valence-corrected chi connectivity index (χ4v) is 3.10. The smallest absolute Gasteiger partial charge is 0.161 e. The molecule has 1 N–H and O–H groups in total. The van der Waals surface area contributed by atoms with Gasteiger partial charge in [-0.1, -0.05) is 19.9 Å². The molecule has 22 heavy (non-hydrogen) atoms. The van der Waals surface area contributed by atoms with Crippen LogP contribution in [-0.4, -0.2) is 44.8 Å². The largest absolute Gasteiger partial charge is 0.493 e. The van der Waals surface area contributed by atoms with E-state index in [0.29, 0.717) is 18.6 Å². The van der Waals surface area contributed by atoms with Crippen molar-refractivity contribution in [2.75, 3.05) is 39.9 Å². The number of hydrogen-bond acceptors (Lipinski definition) is 4. The minimum Gasteiger partial charge on any atom is -0.493 e. The Balaban J connectivity index is 2.25. The highest BCUT2D eigenvalue weighted by Gasteiger charge is 2.24. The van der Waals surface area contributed by atoms with E-state index in [9.17, 15) is 0 Å². The molecule has 0 unspecified atom stereocenters. The highest BCUT2D eigenvalue weighted by molar-refractivity contribution is 5.44. The average Bonchev–Trinajstić information content (AvgIpc) is 2.54. The summed E-state index contributed by atoms with van der Waals surface area (Å²) in [7, 11) is 1.71. The Hall–Kier alpha value is -1.26. The molecule has 1 saturated heterocycles. The van der Waals surface area contributed by atoms with Gasteiger partial charge in [0.05, 0.1) is 13.7 Å². The van der Waals surface area contributed by atoms with Gasteiger partial charge in [-0.3, -0.25) is 4.90 Å². The van der Waals surface area contributed by atoms with Crippen molar-refractivity contribution in [3.8, 4) is 11.5 Å². The van der Waals surface area contributed by atoms with Crippen molar-refractivity contribution in [2.24, 2.45) is 5.92 Å². The average molecular weight is 306 g/mol. The Morgan fingerprint density at radius 3 is 2.50 bits per heavy atom. The summed E-state index contributed by atoms with van der Waals surface area (Å²) in [5.74, 6) is 2.33.